The van der Waals surface area contributed by atoms with Crippen LogP contribution in [0, 0.1) is 0 Å². The predicted molar refractivity (Wildman–Crippen MR) is 121 cm³/mol. The number of rotatable bonds is 5. The molecule has 0 aliphatic carbocycles. The average molecular weight is 471 g/mol. The molecule has 5 rings (SSSR count). The van der Waals surface area contributed by atoms with Gasteiger partial charge in [0.1, 0.15) is 4.21 Å². The molecule has 1 amide bonds. The number of aromatic nitrogens is 2. The van der Waals surface area contributed by atoms with Gasteiger partial charge in [-0.3, -0.25) is 4.79 Å². The molecule has 166 valence electrons. The Bertz CT molecular complexity index is 1260. The number of nitrogens with zero attached hydrogens (tertiary/aromatic N) is 4. The van der Waals surface area contributed by atoms with Crippen molar-refractivity contribution in [2.24, 2.45) is 0 Å². The van der Waals surface area contributed by atoms with Gasteiger partial charge < -0.3 is 9.42 Å². The van der Waals surface area contributed by atoms with E-state index in [2.05, 4.69) is 10.1 Å². The van der Waals surface area contributed by atoms with Crippen LogP contribution in [0.4, 0.5) is 0 Å². The van der Waals surface area contributed by atoms with Crippen LogP contribution in [0.1, 0.15) is 35.5 Å². The van der Waals surface area contributed by atoms with Crippen molar-refractivity contribution in [2.45, 2.75) is 23.5 Å². The smallest absolute Gasteiger partial charge is 0.316 e. The fourth-order valence-electron chi connectivity index (χ4n) is 3.96. The zero-order valence-corrected chi connectivity index (χ0v) is 18.9. The third-order valence-corrected chi connectivity index (χ3v) is 9.03. The van der Waals surface area contributed by atoms with Gasteiger partial charge >= 0.3 is 11.8 Å². The summed E-state index contributed by atoms with van der Waals surface area (Å²) >= 11 is 1.12. The molecule has 2 aliphatic rings. The summed E-state index contributed by atoms with van der Waals surface area (Å²) in [5.74, 6) is -0.124. The maximum atomic E-state index is 13.1. The van der Waals surface area contributed by atoms with Crippen molar-refractivity contribution in [3.8, 4) is 11.4 Å². The number of likely N-dealkylation sites (tertiary alicyclic amines) is 1. The Labute approximate surface area is 190 Å². The monoisotopic (exact) mass is 470 g/mol. The van der Waals surface area contributed by atoms with Crippen LogP contribution in [0.25, 0.3) is 17.0 Å². The van der Waals surface area contributed by atoms with E-state index in [0.717, 1.165) is 35.3 Å². The van der Waals surface area contributed by atoms with E-state index >= 15 is 0 Å². The van der Waals surface area contributed by atoms with E-state index in [9.17, 15) is 13.2 Å². The second kappa shape index (κ2) is 8.61. The van der Waals surface area contributed by atoms with Crippen LogP contribution >= 0.6 is 11.3 Å². The largest absolute Gasteiger partial charge is 0.334 e. The van der Waals surface area contributed by atoms with Gasteiger partial charge in [0.2, 0.25) is 5.82 Å². The maximum absolute atomic E-state index is 13.1. The molecule has 10 heteroatoms. The first-order valence-corrected chi connectivity index (χ1v) is 12.8. The fourth-order valence-corrected chi connectivity index (χ4v) is 6.65. The molecular weight excluding hydrogens is 448 g/mol. The summed E-state index contributed by atoms with van der Waals surface area (Å²) in [4.78, 5) is 18.3. The Morgan fingerprint density at radius 2 is 1.84 bits per heavy atom. The summed E-state index contributed by atoms with van der Waals surface area (Å²) in [6.45, 7) is 2.13. The topological polar surface area (TPSA) is 96.6 Å². The normalized spacial score (nSPS) is 17.5. The molecule has 0 radical (unpaired) electrons. The minimum absolute atomic E-state index is 0.0629. The first-order valence-electron chi connectivity index (χ1n) is 10.5. The van der Waals surface area contributed by atoms with Crippen LogP contribution in [-0.4, -0.2) is 59.8 Å². The molecule has 1 aromatic carbocycles. The highest BCUT2D eigenvalue weighted by Gasteiger charge is 2.29. The van der Waals surface area contributed by atoms with Crippen molar-refractivity contribution in [3.05, 3.63) is 59.3 Å². The highest BCUT2D eigenvalue weighted by Crippen LogP contribution is 2.31. The molecule has 32 heavy (non-hydrogen) atoms. The first-order chi connectivity index (χ1) is 15.5. The molecule has 0 saturated carbocycles. The summed E-state index contributed by atoms with van der Waals surface area (Å²) in [7, 11) is -3.63. The second-order valence-electron chi connectivity index (χ2n) is 7.79. The second-order valence-corrected chi connectivity index (χ2v) is 10.9. The van der Waals surface area contributed by atoms with Gasteiger partial charge in [-0.25, -0.2) is 8.42 Å². The van der Waals surface area contributed by atoms with Gasteiger partial charge in [0.25, 0.3) is 10.0 Å². The van der Waals surface area contributed by atoms with Crippen LogP contribution in [-0.2, 0) is 10.0 Å². The van der Waals surface area contributed by atoms with Crippen molar-refractivity contribution < 1.29 is 17.7 Å². The Balaban J connectivity index is 1.31. The van der Waals surface area contributed by atoms with E-state index in [4.69, 9.17) is 4.52 Å². The number of carbonyl (C=O) groups is 1. The molecule has 2 aliphatic heterocycles. The van der Waals surface area contributed by atoms with Crippen molar-refractivity contribution in [3.63, 3.8) is 0 Å². The summed E-state index contributed by atoms with van der Waals surface area (Å²) in [5.41, 5.74) is 2.81. The molecule has 4 heterocycles. The van der Waals surface area contributed by atoms with Gasteiger partial charge in [0.15, 0.2) is 0 Å². The number of amides is 1. The number of thiophene rings is 1. The zero-order valence-electron chi connectivity index (χ0n) is 17.3. The van der Waals surface area contributed by atoms with Gasteiger partial charge in [0, 0.05) is 37.1 Å². The lowest BCUT2D eigenvalue weighted by Gasteiger charge is -2.25. The Morgan fingerprint density at radius 1 is 1.06 bits per heavy atom. The zero-order chi connectivity index (χ0) is 22.1. The minimum Gasteiger partial charge on any atom is -0.334 e. The van der Waals surface area contributed by atoms with Crippen LogP contribution in [0.3, 0.4) is 0 Å². The molecule has 1 fully saturated rings. The first kappa shape index (κ1) is 21.0. The molecule has 1 saturated heterocycles. The molecule has 0 N–H and O–H groups in total. The number of hydrogen-bond donors (Lipinski definition) is 0. The number of benzene rings is 1. The predicted octanol–water partition coefficient (Wildman–Crippen LogP) is 3.51. The van der Waals surface area contributed by atoms with E-state index < -0.39 is 10.0 Å². The van der Waals surface area contributed by atoms with E-state index in [-0.39, 0.29) is 21.8 Å². The maximum Gasteiger partial charge on any atom is 0.316 e. The fraction of sp³-hybridized carbons (Fsp3) is 0.318. The van der Waals surface area contributed by atoms with Crippen LogP contribution in [0.5, 0.6) is 0 Å². The van der Waals surface area contributed by atoms with E-state index in [1.54, 1.807) is 16.3 Å². The van der Waals surface area contributed by atoms with Gasteiger partial charge in [-0.05, 0) is 36.5 Å². The lowest BCUT2D eigenvalue weighted by Crippen LogP contribution is -2.34. The van der Waals surface area contributed by atoms with Gasteiger partial charge in [-0.2, -0.15) is 9.29 Å². The van der Waals surface area contributed by atoms with E-state index in [0.29, 0.717) is 38.2 Å². The minimum atomic E-state index is -3.63. The third kappa shape index (κ3) is 4.01. The summed E-state index contributed by atoms with van der Waals surface area (Å²) in [6.07, 6.45) is 4.57. The SMILES string of the molecule is O=C(c1nc(-c2csc(S(=O)(=O)N3CC=C(c4ccccc4)CC3)c2)no1)N1CCCC1. The summed E-state index contributed by atoms with van der Waals surface area (Å²) < 4.78 is 33.1. The molecular formula is C22H22N4O4S2. The molecule has 2 aromatic heterocycles. The quantitative estimate of drug-likeness (QED) is 0.566. The Kier molecular flexibility index (Phi) is 5.66. The summed E-state index contributed by atoms with van der Waals surface area (Å²) in [6, 6.07) is 11.5. The van der Waals surface area contributed by atoms with Crippen molar-refractivity contribution in [1.29, 1.82) is 0 Å². The number of sulfonamides is 1. The lowest BCUT2D eigenvalue weighted by atomic mass is 10.0. The van der Waals surface area contributed by atoms with Gasteiger partial charge in [0.05, 0.1) is 0 Å². The van der Waals surface area contributed by atoms with Crippen LogP contribution < -0.4 is 0 Å². The average Bonchev–Trinajstić information content (AvgIpc) is 3.60. The molecule has 0 atom stereocenters. The van der Waals surface area contributed by atoms with Gasteiger partial charge in [-0.15, -0.1) is 11.3 Å². The lowest BCUT2D eigenvalue weighted by molar-refractivity contribution is 0.0743. The standard InChI is InChI=1S/C22H22N4O4S2/c27-22(25-10-4-5-11-25)21-23-20(24-30-21)18-14-19(31-15-18)32(28,29)26-12-8-17(9-13-26)16-6-2-1-3-7-16/h1-3,6-8,14-15H,4-5,9-13H2. The van der Waals surface area contributed by atoms with Crippen LogP contribution in [0.15, 0.2) is 56.6 Å². The highest BCUT2D eigenvalue weighted by atomic mass is 32.2. The molecule has 8 nitrogen and oxygen atoms in total. The molecule has 0 unspecified atom stereocenters. The highest BCUT2D eigenvalue weighted by molar-refractivity contribution is 7.91. The van der Waals surface area contributed by atoms with Crippen molar-refractivity contribution in [1.82, 2.24) is 19.3 Å². The Hall–Kier alpha value is -2.82. The number of carbonyl (C=O) groups excluding carboxylic acids is 1. The van der Waals surface area contributed by atoms with Crippen molar-refractivity contribution >= 4 is 32.8 Å². The van der Waals surface area contributed by atoms with Crippen molar-refractivity contribution in [2.75, 3.05) is 26.2 Å². The summed E-state index contributed by atoms with van der Waals surface area (Å²) in [5, 5.41) is 5.56. The molecule has 0 bridgehead atoms. The van der Waals surface area contributed by atoms with E-state index in [1.807, 2.05) is 36.4 Å². The molecule has 0 spiro atoms. The van der Waals surface area contributed by atoms with Gasteiger partial charge in [-0.1, -0.05) is 41.6 Å². The number of hydrogen-bond acceptors (Lipinski definition) is 7. The van der Waals surface area contributed by atoms with E-state index in [1.165, 1.54) is 4.31 Å². The molecule has 3 aromatic rings. The Morgan fingerprint density at radius 3 is 2.56 bits per heavy atom. The third-order valence-electron chi connectivity index (χ3n) is 5.75. The van der Waals surface area contributed by atoms with Crippen LogP contribution in [0.2, 0.25) is 0 Å².